The summed E-state index contributed by atoms with van der Waals surface area (Å²) in [6.07, 6.45) is 4.95. The fraction of sp³-hybridized carbons (Fsp3) is 0.833. The van der Waals surface area contributed by atoms with Crippen LogP contribution >= 0.6 is 0 Å². The number of aromatic nitrogens is 2. The van der Waals surface area contributed by atoms with Crippen LogP contribution in [0.5, 0.6) is 0 Å². The summed E-state index contributed by atoms with van der Waals surface area (Å²) in [5.41, 5.74) is 0. The SMILES string of the molecule is CCCc1noc(CN(C)CCCCCO)n1. The lowest BCUT2D eigenvalue weighted by Gasteiger charge is -2.13. The molecule has 0 fully saturated rings. The fourth-order valence-electron chi connectivity index (χ4n) is 1.66. The number of aliphatic hydroxyl groups excluding tert-OH is 1. The number of hydrogen-bond donors (Lipinski definition) is 1. The Morgan fingerprint density at radius 1 is 1.29 bits per heavy atom. The molecule has 1 rings (SSSR count). The predicted molar refractivity (Wildman–Crippen MR) is 65.6 cm³/mol. The van der Waals surface area contributed by atoms with Crippen LogP contribution in [-0.4, -0.2) is 40.3 Å². The summed E-state index contributed by atoms with van der Waals surface area (Å²) < 4.78 is 5.17. The number of unbranched alkanes of at least 4 members (excludes halogenated alkanes) is 2. The van der Waals surface area contributed by atoms with E-state index in [0.29, 0.717) is 12.4 Å². The lowest BCUT2D eigenvalue weighted by atomic mass is 10.2. The van der Waals surface area contributed by atoms with E-state index in [1.165, 1.54) is 0 Å². The van der Waals surface area contributed by atoms with Crippen LogP contribution in [0.3, 0.4) is 0 Å². The van der Waals surface area contributed by atoms with Crippen LogP contribution in [0.4, 0.5) is 0 Å². The van der Waals surface area contributed by atoms with E-state index in [4.69, 9.17) is 9.63 Å². The first kappa shape index (κ1) is 14.1. The van der Waals surface area contributed by atoms with Gasteiger partial charge in [-0.2, -0.15) is 4.98 Å². The average Bonchev–Trinajstić information content (AvgIpc) is 2.73. The Balaban J connectivity index is 2.22. The summed E-state index contributed by atoms with van der Waals surface area (Å²) in [5.74, 6) is 1.49. The normalized spacial score (nSPS) is 11.3. The first-order chi connectivity index (χ1) is 8.26. The van der Waals surface area contributed by atoms with Crippen molar-refractivity contribution in [2.45, 2.75) is 45.6 Å². The van der Waals surface area contributed by atoms with Crippen molar-refractivity contribution in [1.82, 2.24) is 15.0 Å². The van der Waals surface area contributed by atoms with Gasteiger partial charge in [0.05, 0.1) is 6.54 Å². The minimum atomic E-state index is 0.285. The van der Waals surface area contributed by atoms with E-state index < -0.39 is 0 Å². The van der Waals surface area contributed by atoms with E-state index in [0.717, 1.165) is 44.5 Å². The van der Waals surface area contributed by atoms with Gasteiger partial charge >= 0.3 is 0 Å². The highest BCUT2D eigenvalue weighted by Crippen LogP contribution is 2.04. The summed E-state index contributed by atoms with van der Waals surface area (Å²) in [5, 5.41) is 12.6. The first-order valence-corrected chi connectivity index (χ1v) is 6.37. The smallest absolute Gasteiger partial charge is 0.240 e. The molecule has 0 saturated carbocycles. The van der Waals surface area contributed by atoms with Gasteiger partial charge in [0.15, 0.2) is 5.82 Å². The molecule has 1 heterocycles. The van der Waals surface area contributed by atoms with Crippen molar-refractivity contribution < 1.29 is 9.63 Å². The zero-order chi connectivity index (χ0) is 12.5. The van der Waals surface area contributed by atoms with E-state index in [1.807, 2.05) is 7.05 Å². The molecule has 0 unspecified atom stereocenters. The Morgan fingerprint density at radius 2 is 2.12 bits per heavy atom. The lowest BCUT2D eigenvalue weighted by molar-refractivity contribution is 0.251. The van der Waals surface area contributed by atoms with Crippen molar-refractivity contribution in [3.63, 3.8) is 0 Å². The van der Waals surface area contributed by atoms with E-state index in [-0.39, 0.29) is 6.61 Å². The molecule has 0 aliphatic heterocycles. The Kier molecular flexibility index (Phi) is 6.81. The van der Waals surface area contributed by atoms with Gasteiger partial charge in [0.1, 0.15) is 0 Å². The molecule has 0 bridgehead atoms. The summed E-state index contributed by atoms with van der Waals surface area (Å²) in [6, 6.07) is 0. The van der Waals surface area contributed by atoms with Crippen molar-refractivity contribution in [2.75, 3.05) is 20.2 Å². The number of aliphatic hydroxyl groups is 1. The fourth-order valence-corrected chi connectivity index (χ4v) is 1.66. The van der Waals surface area contributed by atoms with Gasteiger partial charge in [0.25, 0.3) is 0 Å². The number of hydrogen-bond acceptors (Lipinski definition) is 5. The minimum absolute atomic E-state index is 0.285. The van der Waals surface area contributed by atoms with Gasteiger partial charge in [0.2, 0.25) is 5.89 Å². The van der Waals surface area contributed by atoms with E-state index >= 15 is 0 Å². The molecule has 0 aliphatic rings. The third-order valence-corrected chi connectivity index (χ3v) is 2.59. The van der Waals surface area contributed by atoms with E-state index in [2.05, 4.69) is 22.0 Å². The molecule has 98 valence electrons. The van der Waals surface area contributed by atoms with Crippen molar-refractivity contribution in [3.8, 4) is 0 Å². The van der Waals surface area contributed by atoms with Crippen LogP contribution in [0.2, 0.25) is 0 Å². The molecule has 0 aliphatic carbocycles. The van der Waals surface area contributed by atoms with Gasteiger partial charge in [0, 0.05) is 13.0 Å². The molecule has 0 spiro atoms. The van der Waals surface area contributed by atoms with Crippen LogP contribution in [-0.2, 0) is 13.0 Å². The molecule has 1 aromatic heterocycles. The maximum Gasteiger partial charge on any atom is 0.240 e. The molecule has 0 amide bonds. The Labute approximate surface area is 103 Å². The lowest BCUT2D eigenvalue weighted by Crippen LogP contribution is -2.19. The first-order valence-electron chi connectivity index (χ1n) is 6.37. The third-order valence-electron chi connectivity index (χ3n) is 2.59. The molecule has 0 radical (unpaired) electrons. The monoisotopic (exact) mass is 241 g/mol. The highest BCUT2D eigenvalue weighted by molar-refractivity contribution is 4.85. The molecule has 5 nitrogen and oxygen atoms in total. The van der Waals surface area contributed by atoms with Gasteiger partial charge in [-0.1, -0.05) is 12.1 Å². The number of rotatable bonds is 9. The van der Waals surface area contributed by atoms with E-state index in [1.54, 1.807) is 0 Å². The van der Waals surface area contributed by atoms with Crippen LogP contribution in [0, 0.1) is 0 Å². The molecular weight excluding hydrogens is 218 g/mol. The minimum Gasteiger partial charge on any atom is -0.396 e. The highest BCUT2D eigenvalue weighted by Gasteiger charge is 2.08. The van der Waals surface area contributed by atoms with Crippen LogP contribution in [0.1, 0.15) is 44.3 Å². The average molecular weight is 241 g/mol. The zero-order valence-electron chi connectivity index (χ0n) is 10.9. The highest BCUT2D eigenvalue weighted by atomic mass is 16.5. The van der Waals surface area contributed by atoms with Gasteiger partial charge in [-0.05, 0) is 39.3 Å². The second kappa shape index (κ2) is 8.20. The Morgan fingerprint density at radius 3 is 2.82 bits per heavy atom. The Bertz CT molecular complexity index is 302. The molecule has 0 aromatic carbocycles. The van der Waals surface area contributed by atoms with Crippen molar-refractivity contribution in [2.24, 2.45) is 0 Å². The maximum absolute atomic E-state index is 8.67. The quantitative estimate of drug-likeness (QED) is 0.666. The van der Waals surface area contributed by atoms with Crippen molar-refractivity contribution in [1.29, 1.82) is 0 Å². The summed E-state index contributed by atoms with van der Waals surface area (Å²) in [4.78, 5) is 6.49. The van der Waals surface area contributed by atoms with Gasteiger partial charge in [-0.15, -0.1) is 0 Å². The van der Waals surface area contributed by atoms with Crippen molar-refractivity contribution in [3.05, 3.63) is 11.7 Å². The van der Waals surface area contributed by atoms with Crippen LogP contribution in [0.25, 0.3) is 0 Å². The topological polar surface area (TPSA) is 62.4 Å². The van der Waals surface area contributed by atoms with E-state index in [9.17, 15) is 0 Å². The Hall–Kier alpha value is -0.940. The molecule has 1 N–H and O–H groups in total. The van der Waals surface area contributed by atoms with Gasteiger partial charge < -0.3 is 9.63 Å². The third kappa shape index (κ3) is 5.79. The summed E-state index contributed by atoms with van der Waals surface area (Å²) >= 11 is 0. The van der Waals surface area contributed by atoms with Crippen LogP contribution < -0.4 is 0 Å². The number of aryl methyl sites for hydroxylation is 1. The second-order valence-electron chi connectivity index (χ2n) is 4.38. The zero-order valence-corrected chi connectivity index (χ0v) is 10.9. The van der Waals surface area contributed by atoms with Gasteiger partial charge in [-0.25, -0.2) is 0 Å². The summed E-state index contributed by atoms with van der Waals surface area (Å²) in [6.45, 7) is 4.08. The molecule has 1 aromatic rings. The molecule has 0 saturated heterocycles. The summed E-state index contributed by atoms with van der Waals surface area (Å²) in [7, 11) is 2.04. The predicted octanol–water partition coefficient (Wildman–Crippen LogP) is 1.62. The maximum atomic E-state index is 8.67. The number of nitrogens with zero attached hydrogens (tertiary/aromatic N) is 3. The molecule has 0 atom stereocenters. The second-order valence-corrected chi connectivity index (χ2v) is 4.38. The van der Waals surface area contributed by atoms with Crippen molar-refractivity contribution >= 4 is 0 Å². The largest absolute Gasteiger partial charge is 0.396 e. The molecule has 17 heavy (non-hydrogen) atoms. The molecular formula is C12H23N3O2. The van der Waals surface area contributed by atoms with Crippen LogP contribution in [0.15, 0.2) is 4.52 Å². The molecule has 5 heteroatoms. The standard InChI is InChI=1S/C12H23N3O2/c1-3-7-11-13-12(17-14-11)10-15(2)8-5-4-6-9-16/h16H,3-10H2,1-2H3. The van der Waals surface area contributed by atoms with Gasteiger partial charge in [-0.3, -0.25) is 4.90 Å².